The van der Waals surface area contributed by atoms with Gasteiger partial charge in [-0.3, -0.25) is 14.8 Å². The molecular formula is C24H19FN4O4S. The van der Waals surface area contributed by atoms with Crippen LogP contribution in [0.25, 0.3) is 22.2 Å². The first-order chi connectivity index (χ1) is 16.4. The molecule has 0 atom stereocenters. The summed E-state index contributed by atoms with van der Waals surface area (Å²) in [6.45, 7) is -0.108. The van der Waals surface area contributed by atoms with Gasteiger partial charge in [-0.25, -0.2) is 17.1 Å². The average molecular weight is 479 g/mol. The van der Waals surface area contributed by atoms with Gasteiger partial charge in [0.15, 0.2) is 0 Å². The second-order valence-electron chi connectivity index (χ2n) is 7.63. The van der Waals surface area contributed by atoms with Crippen LogP contribution in [0.3, 0.4) is 0 Å². The molecule has 1 fully saturated rings. The van der Waals surface area contributed by atoms with Crippen LogP contribution in [-0.2, 0) is 14.8 Å². The number of fused-ring (bicyclic) bond motifs is 1. The summed E-state index contributed by atoms with van der Waals surface area (Å²) in [5.41, 5.74) is 2.62. The van der Waals surface area contributed by atoms with Gasteiger partial charge in [0, 0.05) is 29.0 Å². The molecule has 2 aromatic carbocycles. The minimum absolute atomic E-state index is 0.0890. The Bertz CT molecular complexity index is 1500. The number of ether oxygens (including phenoxy) is 1. The number of rotatable bonds is 4. The lowest BCUT2D eigenvalue weighted by Gasteiger charge is -2.28. The summed E-state index contributed by atoms with van der Waals surface area (Å²) in [6.07, 6.45) is 3.37. The molecule has 1 saturated heterocycles. The summed E-state index contributed by atoms with van der Waals surface area (Å²) in [5.74, 6) is -1.69. The molecule has 0 unspecified atom stereocenters. The maximum absolute atomic E-state index is 14.8. The van der Waals surface area contributed by atoms with Crippen LogP contribution in [0.15, 0.2) is 73.1 Å². The third-order valence-corrected chi connectivity index (χ3v) is 7.11. The first kappa shape index (κ1) is 21.9. The third-order valence-electron chi connectivity index (χ3n) is 5.44. The molecule has 0 bridgehead atoms. The molecule has 1 aliphatic heterocycles. The molecule has 1 aliphatic rings. The Kier molecular flexibility index (Phi) is 5.68. The van der Waals surface area contributed by atoms with E-state index in [9.17, 15) is 17.6 Å². The standard InChI is InChI=1S/C24H19FN4O4S/c25-21-14-18(29-15-33-11-12-34(29,31)32)6-7-19(21)24(30)28-17-4-1-3-16(13-17)23-20-5-2-9-26-22(20)8-10-27-23/h1-10,13-14H,11-12,15H2,(H,28,30). The van der Waals surface area contributed by atoms with Gasteiger partial charge in [0.1, 0.15) is 12.5 Å². The first-order valence-corrected chi connectivity index (χ1v) is 12.0. The van der Waals surface area contributed by atoms with Gasteiger partial charge in [0.2, 0.25) is 10.0 Å². The van der Waals surface area contributed by atoms with Crippen molar-refractivity contribution in [2.75, 3.05) is 28.7 Å². The SMILES string of the molecule is O=C(Nc1cccc(-c2nccc3ncccc23)c1)c1ccc(N2COCCS2(=O)=O)cc1F. The molecule has 5 rings (SSSR count). The number of carbonyl (C=O) groups excluding carboxylic acids is 1. The number of sulfonamides is 1. The normalized spacial score (nSPS) is 15.3. The highest BCUT2D eigenvalue weighted by atomic mass is 32.2. The summed E-state index contributed by atoms with van der Waals surface area (Å²) in [4.78, 5) is 21.6. The minimum atomic E-state index is -3.59. The zero-order chi connectivity index (χ0) is 23.7. The second-order valence-corrected chi connectivity index (χ2v) is 9.64. The fourth-order valence-corrected chi connectivity index (χ4v) is 4.97. The van der Waals surface area contributed by atoms with E-state index < -0.39 is 21.7 Å². The lowest BCUT2D eigenvalue weighted by Crippen LogP contribution is -2.41. The number of hydrogen-bond acceptors (Lipinski definition) is 6. The average Bonchev–Trinajstić information content (AvgIpc) is 2.83. The predicted octanol–water partition coefficient (Wildman–Crippen LogP) is 3.81. The van der Waals surface area contributed by atoms with Crippen LogP contribution in [0.1, 0.15) is 10.4 Å². The number of nitrogens with zero attached hydrogens (tertiary/aromatic N) is 3. The Morgan fingerprint density at radius 1 is 1.03 bits per heavy atom. The zero-order valence-corrected chi connectivity index (χ0v) is 18.6. The van der Waals surface area contributed by atoms with Gasteiger partial charge in [0.05, 0.1) is 34.8 Å². The van der Waals surface area contributed by atoms with Crippen LogP contribution >= 0.6 is 0 Å². The Balaban J connectivity index is 1.40. The summed E-state index contributed by atoms with van der Waals surface area (Å²) < 4.78 is 45.4. The Morgan fingerprint density at radius 3 is 2.74 bits per heavy atom. The van der Waals surface area contributed by atoms with Gasteiger partial charge in [-0.2, -0.15) is 0 Å². The van der Waals surface area contributed by atoms with Crippen molar-refractivity contribution in [2.45, 2.75) is 0 Å². The van der Waals surface area contributed by atoms with Crippen LogP contribution in [0.5, 0.6) is 0 Å². The van der Waals surface area contributed by atoms with Crippen molar-refractivity contribution in [1.82, 2.24) is 9.97 Å². The molecule has 3 heterocycles. The lowest BCUT2D eigenvalue weighted by atomic mass is 10.1. The van der Waals surface area contributed by atoms with Gasteiger partial charge >= 0.3 is 0 Å². The monoisotopic (exact) mass is 478 g/mol. The lowest BCUT2D eigenvalue weighted by molar-refractivity contribution is 0.102. The zero-order valence-electron chi connectivity index (χ0n) is 17.8. The Labute approximate surface area is 195 Å². The van der Waals surface area contributed by atoms with E-state index in [1.165, 1.54) is 12.1 Å². The van der Waals surface area contributed by atoms with Crippen molar-refractivity contribution < 1.29 is 22.3 Å². The van der Waals surface area contributed by atoms with Crippen LogP contribution in [0, 0.1) is 5.82 Å². The number of aromatic nitrogens is 2. The molecule has 2 aromatic heterocycles. The van der Waals surface area contributed by atoms with Crippen molar-refractivity contribution in [2.24, 2.45) is 0 Å². The molecule has 8 nitrogen and oxygen atoms in total. The van der Waals surface area contributed by atoms with Gasteiger partial charge in [-0.05, 0) is 48.5 Å². The molecule has 0 radical (unpaired) electrons. The molecule has 0 spiro atoms. The number of benzene rings is 2. The Hall–Kier alpha value is -3.89. The number of hydrogen-bond donors (Lipinski definition) is 1. The van der Waals surface area contributed by atoms with Gasteiger partial charge in [-0.15, -0.1) is 0 Å². The quantitative estimate of drug-likeness (QED) is 0.479. The van der Waals surface area contributed by atoms with E-state index in [-0.39, 0.29) is 30.3 Å². The van der Waals surface area contributed by atoms with Crippen LogP contribution in [-0.4, -0.2) is 43.4 Å². The molecule has 10 heteroatoms. The number of amides is 1. The maximum atomic E-state index is 14.8. The number of nitrogens with one attached hydrogen (secondary N) is 1. The van der Waals surface area contributed by atoms with Gasteiger partial charge < -0.3 is 10.1 Å². The fourth-order valence-electron chi connectivity index (χ4n) is 3.76. The van der Waals surface area contributed by atoms with Crippen molar-refractivity contribution >= 4 is 38.2 Å². The highest BCUT2D eigenvalue weighted by Crippen LogP contribution is 2.28. The molecule has 34 heavy (non-hydrogen) atoms. The minimum Gasteiger partial charge on any atom is -0.359 e. The van der Waals surface area contributed by atoms with E-state index in [4.69, 9.17) is 4.74 Å². The first-order valence-electron chi connectivity index (χ1n) is 10.4. The maximum Gasteiger partial charge on any atom is 0.258 e. The van der Waals surface area contributed by atoms with E-state index in [2.05, 4.69) is 15.3 Å². The second kappa shape index (κ2) is 8.81. The van der Waals surface area contributed by atoms with E-state index in [1.807, 2.05) is 24.3 Å². The van der Waals surface area contributed by atoms with Gasteiger partial charge in [-0.1, -0.05) is 12.1 Å². The van der Waals surface area contributed by atoms with Crippen molar-refractivity contribution in [3.63, 3.8) is 0 Å². The molecule has 1 amide bonds. The van der Waals surface area contributed by atoms with Crippen LogP contribution in [0.2, 0.25) is 0 Å². The van der Waals surface area contributed by atoms with E-state index >= 15 is 0 Å². The molecule has 1 N–H and O–H groups in total. The van der Waals surface area contributed by atoms with Gasteiger partial charge in [0.25, 0.3) is 5.91 Å². The fraction of sp³-hybridized carbons (Fsp3) is 0.125. The number of halogens is 1. The molecule has 172 valence electrons. The summed E-state index contributed by atoms with van der Waals surface area (Å²) >= 11 is 0. The highest BCUT2D eigenvalue weighted by molar-refractivity contribution is 7.92. The summed E-state index contributed by atoms with van der Waals surface area (Å²) in [7, 11) is -3.59. The summed E-state index contributed by atoms with van der Waals surface area (Å²) in [6, 6.07) is 16.3. The van der Waals surface area contributed by atoms with E-state index in [0.29, 0.717) is 11.4 Å². The molecule has 4 aromatic rings. The predicted molar refractivity (Wildman–Crippen MR) is 126 cm³/mol. The van der Waals surface area contributed by atoms with Crippen molar-refractivity contribution in [3.8, 4) is 11.3 Å². The summed E-state index contributed by atoms with van der Waals surface area (Å²) in [5, 5.41) is 3.56. The van der Waals surface area contributed by atoms with Crippen LogP contribution in [0.4, 0.5) is 15.8 Å². The highest BCUT2D eigenvalue weighted by Gasteiger charge is 2.27. The van der Waals surface area contributed by atoms with Crippen LogP contribution < -0.4 is 9.62 Å². The third kappa shape index (κ3) is 4.20. The number of anilines is 2. The number of pyridine rings is 2. The molecule has 0 aliphatic carbocycles. The number of carbonyl (C=O) groups is 1. The molecule has 0 saturated carbocycles. The topological polar surface area (TPSA) is 101 Å². The molecular weight excluding hydrogens is 459 g/mol. The van der Waals surface area contributed by atoms with E-state index in [0.717, 1.165) is 26.8 Å². The largest absolute Gasteiger partial charge is 0.359 e. The van der Waals surface area contributed by atoms with Crippen molar-refractivity contribution in [1.29, 1.82) is 0 Å². The van der Waals surface area contributed by atoms with Crippen molar-refractivity contribution in [3.05, 3.63) is 84.4 Å². The Morgan fingerprint density at radius 2 is 1.91 bits per heavy atom. The van der Waals surface area contributed by atoms with E-state index in [1.54, 1.807) is 30.6 Å². The smallest absolute Gasteiger partial charge is 0.258 e.